The number of amides is 1. The number of allylic oxidation sites excluding steroid dienone is 1. The molecule has 1 atom stereocenters. The Balaban J connectivity index is 0.00000113. The second-order valence-corrected chi connectivity index (χ2v) is 7.22. The predicted molar refractivity (Wildman–Crippen MR) is 113 cm³/mol. The molecular weight excluding hydrogens is 344 g/mol. The highest BCUT2D eigenvalue weighted by atomic mass is 32.2. The van der Waals surface area contributed by atoms with Crippen LogP contribution in [0.5, 0.6) is 0 Å². The van der Waals surface area contributed by atoms with E-state index in [-0.39, 0.29) is 5.91 Å². The van der Waals surface area contributed by atoms with Gasteiger partial charge >= 0.3 is 0 Å². The fourth-order valence-corrected chi connectivity index (χ4v) is 3.35. The quantitative estimate of drug-likeness (QED) is 0.791. The number of nitrogens with one attached hydrogen (secondary N) is 1. The van der Waals surface area contributed by atoms with Crippen LogP contribution in [0.2, 0.25) is 0 Å². The van der Waals surface area contributed by atoms with Crippen molar-refractivity contribution in [1.29, 1.82) is 0 Å². The normalized spacial score (nSPS) is 14.8. The molecule has 1 aliphatic rings. The number of nitrogens with zero attached hydrogens (tertiary/aromatic N) is 1. The molecule has 1 aromatic carbocycles. The van der Waals surface area contributed by atoms with Gasteiger partial charge in [0.15, 0.2) is 0 Å². The Morgan fingerprint density at radius 2 is 1.77 bits per heavy atom. The van der Waals surface area contributed by atoms with Crippen molar-refractivity contribution in [2.75, 3.05) is 25.9 Å². The minimum atomic E-state index is -0.966. The summed E-state index contributed by atoms with van der Waals surface area (Å²) in [6.45, 7) is 14.0. The van der Waals surface area contributed by atoms with Crippen molar-refractivity contribution in [3.05, 3.63) is 42.5 Å². The molecule has 26 heavy (non-hydrogen) atoms. The van der Waals surface area contributed by atoms with Crippen LogP contribution in [0.3, 0.4) is 0 Å². The number of hydrogen-bond acceptors (Lipinski definition) is 3. The highest BCUT2D eigenvalue weighted by molar-refractivity contribution is 7.84. The van der Waals surface area contributed by atoms with Gasteiger partial charge in [-0.05, 0) is 57.5 Å². The maximum atomic E-state index is 12.5. The van der Waals surface area contributed by atoms with Gasteiger partial charge in [0.1, 0.15) is 0 Å². The molecule has 0 aromatic heterocycles. The number of piperidine rings is 1. The lowest BCUT2D eigenvalue weighted by Crippen LogP contribution is -2.46. The third-order valence-corrected chi connectivity index (χ3v) is 4.96. The third-order valence-electron chi connectivity index (χ3n) is 4.02. The van der Waals surface area contributed by atoms with Crippen LogP contribution in [0, 0.1) is 0 Å². The largest absolute Gasteiger partial charge is 0.340 e. The number of likely N-dealkylation sites (N-methyl/N-ethyl adjacent to an activating group) is 1. The molecular formula is C21H36N2O2S. The minimum Gasteiger partial charge on any atom is -0.340 e. The third kappa shape index (κ3) is 8.77. The molecule has 0 aliphatic carbocycles. The zero-order valence-corrected chi connectivity index (χ0v) is 17.9. The van der Waals surface area contributed by atoms with E-state index in [9.17, 15) is 9.00 Å². The minimum absolute atomic E-state index is 0.190. The summed E-state index contributed by atoms with van der Waals surface area (Å²) in [5, 5.41) is 3.33. The Bertz CT molecular complexity index is 537. The predicted octanol–water partition coefficient (Wildman–Crippen LogP) is 3.79. The van der Waals surface area contributed by atoms with Crippen LogP contribution in [-0.4, -0.2) is 46.9 Å². The fourth-order valence-electron chi connectivity index (χ4n) is 2.83. The van der Waals surface area contributed by atoms with Gasteiger partial charge in [0.05, 0.1) is 6.42 Å². The van der Waals surface area contributed by atoms with Crippen molar-refractivity contribution in [1.82, 2.24) is 10.2 Å². The molecule has 1 heterocycles. The van der Waals surface area contributed by atoms with Gasteiger partial charge in [-0.2, -0.15) is 0 Å². The van der Waals surface area contributed by atoms with Crippen LogP contribution < -0.4 is 5.32 Å². The van der Waals surface area contributed by atoms with Crippen LogP contribution in [-0.2, 0) is 22.0 Å². The zero-order valence-electron chi connectivity index (χ0n) is 17.1. The van der Waals surface area contributed by atoms with E-state index in [4.69, 9.17) is 0 Å². The Morgan fingerprint density at radius 3 is 2.19 bits per heavy atom. The second-order valence-electron chi connectivity index (χ2n) is 5.84. The van der Waals surface area contributed by atoms with Gasteiger partial charge in [-0.15, -0.1) is 6.58 Å². The number of carbonyl (C=O) groups is 1. The van der Waals surface area contributed by atoms with Crippen molar-refractivity contribution in [3.8, 4) is 0 Å². The van der Waals surface area contributed by atoms with Gasteiger partial charge in [-0.3, -0.25) is 9.00 Å². The standard InChI is InChI=1S/C16H24N2O2S.C3H6.C2H6/c1-3-18(14-8-10-17-11-9-14)16(19)12-13-4-6-15(7-5-13)21(2)20;1-3-2;1-2/h4-7,14,17H,3,8-12H2,1-2H3;3H,1H2,2H3;1-2H3. The Hall–Kier alpha value is -1.46. The van der Waals surface area contributed by atoms with E-state index in [1.807, 2.05) is 56.9 Å². The molecule has 5 heteroatoms. The van der Waals surface area contributed by atoms with E-state index in [1.54, 1.807) is 12.3 Å². The molecule has 1 aliphatic heterocycles. The topological polar surface area (TPSA) is 49.4 Å². The average molecular weight is 381 g/mol. The lowest BCUT2D eigenvalue weighted by Gasteiger charge is -2.34. The van der Waals surface area contributed by atoms with E-state index in [0.717, 1.165) is 42.9 Å². The Morgan fingerprint density at radius 1 is 1.27 bits per heavy atom. The van der Waals surface area contributed by atoms with Crippen molar-refractivity contribution in [3.63, 3.8) is 0 Å². The maximum absolute atomic E-state index is 12.5. The summed E-state index contributed by atoms with van der Waals surface area (Å²) >= 11 is 0. The zero-order chi connectivity index (χ0) is 19.9. The first kappa shape index (κ1) is 24.5. The van der Waals surface area contributed by atoms with Crippen LogP contribution in [0.1, 0.15) is 46.1 Å². The first-order valence-electron chi connectivity index (χ1n) is 9.53. The molecule has 148 valence electrons. The summed E-state index contributed by atoms with van der Waals surface area (Å²) in [6.07, 6.45) is 5.91. The summed E-state index contributed by atoms with van der Waals surface area (Å²) in [6, 6.07) is 7.88. The number of carbonyl (C=O) groups excluding carboxylic acids is 1. The average Bonchev–Trinajstić information content (AvgIpc) is 2.66. The number of hydrogen-bond donors (Lipinski definition) is 1. The highest BCUT2D eigenvalue weighted by Gasteiger charge is 2.23. The smallest absolute Gasteiger partial charge is 0.227 e. The molecule has 0 radical (unpaired) electrons. The molecule has 2 rings (SSSR count). The summed E-state index contributed by atoms with van der Waals surface area (Å²) in [7, 11) is -0.966. The maximum Gasteiger partial charge on any atom is 0.227 e. The first-order chi connectivity index (χ1) is 12.5. The molecule has 1 unspecified atom stereocenters. The van der Waals surface area contributed by atoms with E-state index in [0.29, 0.717) is 12.5 Å². The molecule has 4 nitrogen and oxygen atoms in total. The molecule has 1 aromatic rings. The van der Waals surface area contributed by atoms with Crippen LogP contribution in [0.15, 0.2) is 41.8 Å². The van der Waals surface area contributed by atoms with Crippen molar-refractivity contribution in [2.45, 2.75) is 57.9 Å². The molecule has 0 spiro atoms. The molecule has 1 N–H and O–H groups in total. The van der Waals surface area contributed by atoms with Crippen LogP contribution >= 0.6 is 0 Å². The molecule has 0 saturated carbocycles. The van der Waals surface area contributed by atoms with Crippen LogP contribution in [0.4, 0.5) is 0 Å². The summed E-state index contributed by atoms with van der Waals surface area (Å²) in [5.41, 5.74) is 0.988. The van der Waals surface area contributed by atoms with Crippen LogP contribution in [0.25, 0.3) is 0 Å². The lowest BCUT2D eigenvalue weighted by atomic mass is 10.0. The highest BCUT2D eigenvalue weighted by Crippen LogP contribution is 2.15. The Labute approximate surface area is 162 Å². The lowest BCUT2D eigenvalue weighted by molar-refractivity contribution is -0.133. The van der Waals surface area contributed by atoms with Gasteiger partial charge < -0.3 is 10.2 Å². The van der Waals surface area contributed by atoms with E-state index < -0.39 is 10.8 Å². The van der Waals surface area contributed by atoms with E-state index in [1.165, 1.54) is 0 Å². The molecule has 1 saturated heterocycles. The number of rotatable bonds is 5. The number of benzene rings is 1. The van der Waals surface area contributed by atoms with Gasteiger partial charge in [-0.25, -0.2) is 0 Å². The van der Waals surface area contributed by atoms with E-state index >= 15 is 0 Å². The monoisotopic (exact) mass is 380 g/mol. The van der Waals surface area contributed by atoms with Gasteiger partial charge in [-0.1, -0.05) is 32.1 Å². The molecule has 1 fully saturated rings. The van der Waals surface area contributed by atoms with Crippen molar-refractivity contribution in [2.24, 2.45) is 0 Å². The van der Waals surface area contributed by atoms with Gasteiger partial charge in [0.25, 0.3) is 0 Å². The fraction of sp³-hybridized carbons (Fsp3) is 0.571. The summed E-state index contributed by atoms with van der Waals surface area (Å²) < 4.78 is 11.4. The summed E-state index contributed by atoms with van der Waals surface area (Å²) in [4.78, 5) is 15.3. The SMILES string of the molecule is C=CC.CC.CCN(C(=O)Cc1ccc(S(C)=O)cc1)C1CCNCC1. The Kier molecular flexibility index (Phi) is 13.9. The first-order valence-corrected chi connectivity index (χ1v) is 11.1. The van der Waals surface area contributed by atoms with Gasteiger partial charge in [0, 0.05) is 34.5 Å². The summed E-state index contributed by atoms with van der Waals surface area (Å²) in [5.74, 6) is 0.190. The van der Waals surface area contributed by atoms with E-state index in [2.05, 4.69) is 11.9 Å². The second kappa shape index (κ2) is 14.7. The molecule has 0 bridgehead atoms. The van der Waals surface area contributed by atoms with Gasteiger partial charge in [0.2, 0.25) is 5.91 Å². The molecule has 1 amide bonds. The van der Waals surface area contributed by atoms with Crippen molar-refractivity contribution < 1.29 is 9.00 Å². The van der Waals surface area contributed by atoms with Crippen molar-refractivity contribution >= 4 is 16.7 Å².